The highest BCUT2D eigenvalue weighted by atomic mass is 19.4. The normalized spacial score (nSPS) is 11.6. The van der Waals surface area contributed by atoms with E-state index in [1.165, 1.54) is 6.07 Å². The van der Waals surface area contributed by atoms with Crippen LogP contribution in [0.1, 0.15) is 5.56 Å². The van der Waals surface area contributed by atoms with E-state index < -0.39 is 11.7 Å². The number of nitrogen functional groups attached to an aromatic ring is 1. The van der Waals surface area contributed by atoms with Crippen LogP contribution in [-0.4, -0.2) is 5.11 Å². The molecule has 0 spiro atoms. The fourth-order valence-corrected chi connectivity index (χ4v) is 2.33. The van der Waals surface area contributed by atoms with Crippen LogP contribution in [0.5, 0.6) is 5.75 Å². The lowest BCUT2D eigenvalue weighted by molar-refractivity contribution is -0.137. The first-order chi connectivity index (χ1) is 10.8. The maximum Gasteiger partial charge on any atom is 0.416 e. The van der Waals surface area contributed by atoms with Crippen LogP contribution in [0.2, 0.25) is 0 Å². The Bertz CT molecular complexity index is 875. The van der Waals surface area contributed by atoms with E-state index in [9.17, 15) is 18.3 Å². The summed E-state index contributed by atoms with van der Waals surface area (Å²) in [6, 6.07) is 13.8. The smallest absolute Gasteiger partial charge is 0.416 e. The molecular formula is C17H13F3N2O. The van der Waals surface area contributed by atoms with E-state index in [4.69, 9.17) is 5.73 Å². The van der Waals surface area contributed by atoms with Crippen molar-refractivity contribution >= 4 is 27.8 Å². The van der Waals surface area contributed by atoms with Gasteiger partial charge in [0.15, 0.2) is 0 Å². The zero-order valence-electron chi connectivity index (χ0n) is 11.9. The number of alkyl halides is 3. The third-order valence-corrected chi connectivity index (χ3v) is 3.51. The Balaban J connectivity index is 1.97. The zero-order chi connectivity index (χ0) is 16.6. The molecule has 6 heteroatoms. The number of nitrogens with one attached hydrogen (secondary N) is 1. The van der Waals surface area contributed by atoms with Crippen molar-refractivity contribution in [3.63, 3.8) is 0 Å². The van der Waals surface area contributed by atoms with Crippen LogP contribution in [0.3, 0.4) is 0 Å². The van der Waals surface area contributed by atoms with Crippen LogP contribution in [0, 0.1) is 0 Å². The number of halogens is 3. The van der Waals surface area contributed by atoms with Gasteiger partial charge in [0.1, 0.15) is 5.75 Å². The van der Waals surface area contributed by atoms with Gasteiger partial charge in [0, 0.05) is 0 Å². The highest BCUT2D eigenvalue weighted by Gasteiger charge is 2.30. The topological polar surface area (TPSA) is 58.3 Å². The van der Waals surface area contributed by atoms with Crippen molar-refractivity contribution in [3.8, 4) is 5.75 Å². The lowest BCUT2D eigenvalue weighted by Crippen LogP contribution is -2.06. The summed E-state index contributed by atoms with van der Waals surface area (Å²) in [5, 5.41) is 14.7. The van der Waals surface area contributed by atoms with Crippen molar-refractivity contribution in [1.29, 1.82) is 0 Å². The Kier molecular flexibility index (Phi) is 3.52. The molecule has 3 aromatic rings. The third-order valence-electron chi connectivity index (χ3n) is 3.51. The van der Waals surface area contributed by atoms with Crippen LogP contribution >= 0.6 is 0 Å². The molecule has 0 saturated heterocycles. The van der Waals surface area contributed by atoms with Crippen molar-refractivity contribution in [2.75, 3.05) is 11.1 Å². The van der Waals surface area contributed by atoms with Gasteiger partial charge in [0.25, 0.3) is 0 Å². The number of rotatable bonds is 2. The first-order valence-electron chi connectivity index (χ1n) is 6.80. The van der Waals surface area contributed by atoms with E-state index in [0.717, 1.165) is 22.9 Å². The molecule has 0 fully saturated rings. The average molecular weight is 318 g/mol. The molecule has 0 aliphatic carbocycles. The summed E-state index contributed by atoms with van der Waals surface area (Å²) < 4.78 is 37.9. The second-order valence-electron chi connectivity index (χ2n) is 5.14. The number of hydrogen-bond acceptors (Lipinski definition) is 3. The number of fused-ring (bicyclic) bond motifs is 1. The summed E-state index contributed by atoms with van der Waals surface area (Å²) in [5.41, 5.74) is 5.48. The van der Waals surface area contributed by atoms with E-state index in [1.807, 2.05) is 24.3 Å². The molecule has 0 aromatic heterocycles. The van der Waals surface area contributed by atoms with Crippen molar-refractivity contribution < 1.29 is 18.3 Å². The predicted molar refractivity (Wildman–Crippen MR) is 84.8 cm³/mol. The SMILES string of the molecule is Nc1cc(C(F)(F)F)ccc1Nc1cc2ccccc2cc1O. The lowest BCUT2D eigenvalue weighted by Gasteiger charge is -2.14. The van der Waals surface area contributed by atoms with Gasteiger partial charge in [-0.1, -0.05) is 24.3 Å². The minimum atomic E-state index is -4.45. The van der Waals surface area contributed by atoms with Gasteiger partial charge in [0.2, 0.25) is 0 Å². The molecular weight excluding hydrogens is 305 g/mol. The summed E-state index contributed by atoms with van der Waals surface area (Å²) in [6.07, 6.45) is -4.45. The van der Waals surface area contributed by atoms with Gasteiger partial charge in [-0.3, -0.25) is 0 Å². The maximum atomic E-state index is 12.6. The van der Waals surface area contributed by atoms with Crippen molar-refractivity contribution in [3.05, 3.63) is 60.2 Å². The quantitative estimate of drug-likeness (QED) is 0.466. The molecule has 4 N–H and O–H groups in total. The molecule has 0 radical (unpaired) electrons. The first-order valence-corrected chi connectivity index (χ1v) is 6.80. The molecule has 0 atom stereocenters. The number of aromatic hydroxyl groups is 1. The van der Waals surface area contributed by atoms with Crippen LogP contribution in [0.25, 0.3) is 10.8 Å². The van der Waals surface area contributed by atoms with Gasteiger partial charge in [0.05, 0.1) is 22.6 Å². The number of phenolic OH excluding ortho intramolecular Hbond substituents is 1. The van der Waals surface area contributed by atoms with Gasteiger partial charge in [-0.2, -0.15) is 13.2 Å². The molecule has 0 heterocycles. The summed E-state index contributed by atoms with van der Waals surface area (Å²) in [5.74, 6) is -0.0111. The highest BCUT2D eigenvalue weighted by molar-refractivity contribution is 5.90. The number of anilines is 3. The van der Waals surface area contributed by atoms with E-state index >= 15 is 0 Å². The molecule has 3 nitrogen and oxygen atoms in total. The van der Waals surface area contributed by atoms with Gasteiger partial charge in [-0.15, -0.1) is 0 Å². The molecule has 23 heavy (non-hydrogen) atoms. The Morgan fingerprint density at radius 1 is 0.870 bits per heavy atom. The minimum Gasteiger partial charge on any atom is -0.506 e. The van der Waals surface area contributed by atoms with Gasteiger partial charge < -0.3 is 16.2 Å². The molecule has 3 aromatic carbocycles. The largest absolute Gasteiger partial charge is 0.506 e. The van der Waals surface area contributed by atoms with Gasteiger partial charge in [-0.05, 0) is 41.1 Å². The van der Waals surface area contributed by atoms with Crippen molar-refractivity contribution in [2.45, 2.75) is 6.18 Å². The van der Waals surface area contributed by atoms with Crippen molar-refractivity contribution in [2.24, 2.45) is 0 Å². The number of benzene rings is 3. The molecule has 0 saturated carbocycles. The molecule has 0 aliphatic heterocycles. The summed E-state index contributed by atoms with van der Waals surface area (Å²) in [6.45, 7) is 0. The Labute approximate surface area is 130 Å². The van der Waals surface area contributed by atoms with Crippen molar-refractivity contribution in [1.82, 2.24) is 0 Å². The summed E-state index contributed by atoms with van der Waals surface area (Å²) >= 11 is 0. The molecule has 0 bridgehead atoms. The predicted octanol–water partition coefficient (Wildman–Crippen LogP) is 4.89. The second kappa shape index (κ2) is 5.39. The minimum absolute atomic E-state index is 0.0111. The van der Waals surface area contributed by atoms with Gasteiger partial charge in [-0.25, -0.2) is 0 Å². The fraction of sp³-hybridized carbons (Fsp3) is 0.0588. The fourth-order valence-electron chi connectivity index (χ4n) is 2.33. The van der Waals surface area contributed by atoms with Crippen LogP contribution in [-0.2, 0) is 6.18 Å². The first kappa shape index (κ1) is 15.0. The monoisotopic (exact) mass is 318 g/mol. The molecule has 3 rings (SSSR count). The van der Waals surface area contributed by atoms with E-state index in [1.54, 1.807) is 12.1 Å². The summed E-state index contributed by atoms with van der Waals surface area (Å²) in [4.78, 5) is 0. The van der Waals surface area contributed by atoms with E-state index in [0.29, 0.717) is 11.4 Å². The Morgan fingerprint density at radius 3 is 2.13 bits per heavy atom. The third kappa shape index (κ3) is 3.01. The Hall–Kier alpha value is -2.89. The average Bonchev–Trinajstić information content (AvgIpc) is 2.49. The second-order valence-corrected chi connectivity index (χ2v) is 5.14. The molecule has 0 amide bonds. The van der Waals surface area contributed by atoms with Crippen LogP contribution in [0.4, 0.5) is 30.2 Å². The summed E-state index contributed by atoms with van der Waals surface area (Å²) in [7, 11) is 0. The molecule has 0 unspecified atom stereocenters. The van der Waals surface area contributed by atoms with Gasteiger partial charge >= 0.3 is 6.18 Å². The zero-order valence-corrected chi connectivity index (χ0v) is 11.9. The number of phenols is 1. The molecule has 118 valence electrons. The van der Waals surface area contributed by atoms with E-state index in [2.05, 4.69) is 5.32 Å². The lowest BCUT2D eigenvalue weighted by atomic mass is 10.1. The highest BCUT2D eigenvalue weighted by Crippen LogP contribution is 2.36. The Morgan fingerprint density at radius 2 is 1.52 bits per heavy atom. The maximum absolute atomic E-state index is 12.6. The number of hydrogen-bond donors (Lipinski definition) is 3. The van der Waals surface area contributed by atoms with E-state index in [-0.39, 0.29) is 11.4 Å². The molecule has 0 aliphatic rings. The standard InChI is InChI=1S/C17H13F3N2O/c18-17(19,20)12-5-6-14(13(21)9-12)22-15-7-10-3-1-2-4-11(10)8-16(15)23/h1-9,22-23H,21H2. The van der Waals surface area contributed by atoms with Crippen LogP contribution < -0.4 is 11.1 Å². The van der Waals surface area contributed by atoms with Crippen LogP contribution in [0.15, 0.2) is 54.6 Å². The number of nitrogens with two attached hydrogens (primary N) is 1.